The first-order chi connectivity index (χ1) is 9.47. The summed E-state index contributed by atoms with van der Waals surface area (Å²) in [5, 5.41) is 11.8. The third kappa shape index (κ3) is 3.18. The molecule has 2 heterocycles. The normalized spacial score (nSPS) is 11.9. The van der Waals surface area contributed by atoms with Crippen LogP contribution in [-0.4, -0.2) is 26.0 Å². The van der Waals surface area contributed by atoms with E-state index in [1.54, 1.807) is 6.92 Å². The van der Waals surface area contributed by atoms with E-state index in [4.69, 9.17) is 16.7 Å². The number of aromatic carboxylic acids is 1. The van der Waals surface area contributed by atoms with Gasteiger partial charge in [-0.15, -0.1) is 0 Å². The monoisotopic (exact) mass is 296 g/mol. The average molecular weight is 297 g/mol. The predicted molar refractivity (Wildman–Crippen MR) is 70.2 cm³/mol. The van der Waals surface area contributed by atoms with Crippen LogP contribution < -0.4 is 5.32 Å². The molecule has 1 atom stereocenters. The highest BCUT2D eigenvalue weighted by atomic mass is 35.5. The number of nitrogens with one attached hydrogen (secondary N) is 1. The Kier molecular flexibility index (Phi) is 4.09. The number of aromatic nitrogens is 3. The van der Waals surface area contributed by atoms with Crippen molar-refractivity contribution in [3.8, 4) is 0 Å². The van der Waals surface area contributed by atoms with E-state index < -0.39 is 11.8 Å². The third-order valence-electron chi connectivity index (χ3n) is 2.54. The third-order valence-corrected chi connectivity index (χ3v) is 2.72. The lowest BCUT2D eigenvalue weighted by molar-refractivity contribution is 0.0697. The van der Waals surface area contributed by atoms with Crippen molar-refractivity contribution in [1.29, 1.82) is 0 Å². The molecule has 0 saturated heterocycles. The van der Waals surface area contributed by atoms with Crippen molar-refractivity contribution >= 4 is 23.4 Å². The molecule has 0 aromatic carbocycles. The molecular formula is C12H10ClFN4O2. The molecule has 0 unspecified atom stereocenters. The molecule has 6 nitrogen and oxygen atoms in total. The molecule has 0 fully saturated rings. The minimum atomic E-state index is -1.18. The Balaban J connectivity index is 2.27. The number of carbonyl (C=O) groups is 1. The van der Waals surface area contributed by atoms with Gasteiger partial charge in [0.15, 0.2) is 0 Å². The number of halogens is 2. The molecule has 20 heavy (non-hydrogen) atoms. The number of pyridine rings is 1. The Hall–Kier alpha value is -2.28. The molecule has 0 saturated carbocycles. The molecule has 0 aliphatic heterocycles. The molecule has 2 aromatic heterocycles. The highest BCUT2D eigenvalue weighted by Gasteiger charge is 2.16. The Bertz CT molecular complexity index is 636. The molecule has 0 radical (unpaired) electrons. The van der Waals surface area contributed by atoms with Crippen molar-refractivity contribution in [1.82, 2.24) is 15.0 Å². The number of anilines is 1. The molecule has 0 spiro atoms. The van der Waals surface area contributed by atoms with Gasteiger partial charge in [-0.3, -0.25) is 4.98 Å². The maximum atomic E-state index is 12.8. The largest absolute Gasteiger partial charge is 0.477 e. The second-order valence-electron chi connectivity index (χ2n) is 3.97. The topological polar surface area (TPSA) is 88.0 Å². The zero-order chi connectivity index (χ0) is 14.7. The van der Waals surface area contributed by atoms with Gasteiger partial charge in [-0.05, 0) is 30.7 Å². The maximum Gasteiger partial charge on any atom is 0.341 e. The van der Waals surface area contributed by atoms with Gasteiger partial charge >= 0.3 is 5.97 Å². The number of carboxylic acids is 1. The summed E-state index contributed by atoms with van der Waals surface area (Å²) in [6.45, 7) is 1.74. The molecule has 0 bridgehead atoms. The van der Waals surface area contributed by atoms with E-state index in [0.29, 0.717) is 5.69 Å². The van der Waals surface area contributed by atoms with Gasteiger partial charge in [0.25, 0.3) is 0 Å². The van der Waals surface area contributed by atoms with Crippen LogP contribution in [0.2, 0.25) is 5.28 Å². The first kappa shape index (κ1) is 14.1. The van der Waals surface area contributed by atoms with Crippen molar-refractivity contribution in [3.05, 3.63) is 46.9 Å². The summed E-state index contributed by atoms with van der Waals surface area (Å²) in [5.74, 6) is -1.54. The van der Waals surface area contributed by atoms with Crippen LogP contribution in [0.1, 0.15) is 29.0 Å². The number of rotatable bonds is 4. The zero-order valence-corrected chi connectivity index (χ0v) is 11.1. The van der Waals surface area contributed by atoms with E-state index in [0.717, 1.165) is 12.4 Å². The summed E-state index contributed by atoms with van der Waals surface area (Å²) in [4.78, 5) is 22.4. The number of carboxylic acid groups (broad SMARTS) is 1. The van der Waals surface area contributed by atoms with E-state index in [9.17, 15) is 9.18 Å². The van der Waals surface area contributed by atoms with Crippen LogP contribution in [-0.2, 0) is 0 Å². The minimum absolute atomic E-state index is 0.0724. The van der Waals surface area contributed by atoms with Gasteiger partial charge in [0, 0.05) is 6.20 Å². The summed E-state index contributed by atoms with van der Waals surface area (Å²) < 4.78 is 12.8. The van der Waals surface area contributed by atoms with Gasteiger partial charge in [-0.25, -0.2) is 14.2 Å². The summed E-state index contributed by atoms with van der Waals surface area (Å²) >= 11 is 5.65. The second-order valence-corrected chi connectivity index (χ2v) is 4.31. The number of nitrogens with zero attached hydrogens (tertiary/aromatic N) is 3. The zero-order valence-electron chi connectivity index (χ0n) is 10.3. The number of hydrogen-bond donors (Lipinski definition) is 2. The molecule has 0 amide bonds. The van der Waals surface area contributed by atoms with Gasteiger partial charge in [0.05, 0.1) is 17.9 Å². The van der Waals surface area contributed by atoms with Gasteiger partial charge < -0.3 is 10.4 Å². The van der Waals surface area contributed by atoms with Gasteiger partial charge in [0.1, 0.15) is 17.2 Å². The molecule has 2 aromatic rings. The van der Waals surface area contributed by atoms with Crippen LogP contribution in [0, 0.1) is 5.82 Å². The van der Waals surface area contributed by atoms with E-state index in [1.165, 1.54) is 12.1 Å². The summed E-state index contributed by atoms with van der Waals surface area (Å²) in [6.07, 6.45) is 2.20. The fraction of sp³-hybridized carbons (Fsp3) is 0.167. The quantitative estimate of drug-likeness (QED) is 0.843. The molecule has 2 rings (SSSR count). The van der Waals surface area contributed by atoms with E-state index in [1.807, 2.05) is 0 Å². The van der Waals surface area contributed by atoms with Crippen LogP contribution in [0.4, 0.5) is 10.2 Å². The van der Waals surface area contributed by atoms with Crippen LogP contribution in [0.5, 0.6) is 0 Å². The SMILES string of the molecule is C[C@H](Nc1nc(Cl)ncc1C(=O)O)c1ccc(F)cn1. The lowest BCUT2D eigenvalue weighted by atomic mass is 10.2. The van der Waals surface area contributed by atoms with Gasteiger partial charge in [-0.1, -0.05) is 0 Å². The second kappa shape index (κ2) is 5.79. The fourth-order valence-electron chi connectivity index (χ4n) is 1.55. The van der Waals surface area contributed by atoms with Crippen molar-refractivity contribution < 1.29 is 14.3 Å². The molecule has 2 N–H and O–H groups in total. The highest BCUT2D eigenvalue weighted by Crippen LogP contribution is 2.20. The summed E-state index contributed by atoms with van der Waals surface area (Å²) in [7, 11) is 0. The van der Waals surface area contributed by atoms with Crippen molar-refractivity contribution in [2.75, 3.05) is 5.32 Å². The minimum Gasteiger partial charge on any atom is -0.477 e. The molecular weight excluding hydrogens is 287 g/mol. The van der Waals surface area contributed by atoms with Gasteiger partial charge in [0.2, 0.25) is 5.28 Å². The lowest BCUT2D eigenvalue weighted by Gasteiger charge is -2.15. The Morgan fingerprint density at radius 2 is 2.15 bits per heavy atom. The smallest absolute Gasteiger partial charge is 0.341 e. The Labute approximate surface area is 118 Å². The molecule has 8 heteroatoms. The molecule has 0 aliphatic rings. The van der Waals surface area contributed by atoms with E-state index in [2.05, 4.69) is 20.3 Å². The van der Waals surface area contributed by atoms with Crippen LogP contribution in [0.3, 0.4) is 0 Å². The standard InChI is InChI=1S/C12H10ClFN4O2/c1-6(9-3-2-7(14)4-15-9)17-10-8(11(19)20)5-16-12(13)18-10/h2-6H,1H3,(H,19,20)(H,16,17,18)/t6-/m0/s1. The van der Waals surface area contributed by atoms with Crippen molar-refractivity contribution in [3.63, 3.8) is 0 Å². The molecule has 104 valence electrons. The number of hydrogen-bond acceptors (Lipinski definition) is 5. The van der Waals surface area contributed by atoms with Crippen LogP contribution in [0.15, 0.2) is 24.5 Å². The highest BCUT2D eigenvalue weighted by molar-refractivity contribution is 6.28. The average Bonchev–Trinajstić information content (AvgIpc) is 2.39. The lowest BCUT2D eigenvalue weighted by Crippen LogP contribution is -2.14. The van der Waals surface area contributed by atoms with Crippen LogP contribution in [0.25, 0.3) is 0 Å². The maximum absolute atomic E-state index is 12.8. The van der Waals surface area contributed by atoms with Crippen molar-refractivity contribution in [2.24, 2.45) is 0 Å². The Morgan fingerprint density at radius 1 is 1.40 bits per heavy atom. The Morgan fingerprint density at radius 3 is 2.75 bits per heavy atom. The van der Waals surface area contributed by atoms with Crippen LogP contribution >= 0.6 is 11.6 Å². The first-order valence-electron chi connectivity index (χ1n) is 5.61. The summed E-state index contributed by atoms with van der Waals surface area (Å²) in [5.41, 5.74) is 0.431. The predicted octanol–water partition coefficient (Wildman–Crippen LogP) is 2.54. The van der Waals surface area contributed by atoms with E-state index >= 15 is 0 Å². The summed E-state index contributed by atoms with van der Waals surface area (Å²) in [6, 6.07) is 2.39. The fourth-order valence-corrected chi connectivity index (χ4v) is 1.68. The first-order valence-corrected chi connectivity index (χ1v) is 5.99. The van der Waals surface area contributed by atoms with Gasteiger partial charge in [-0.2, -0.15) is 4.98 Å². The molecule has 0 aliphatic carbocycles. The van der Waals surface area contributed by atoms with Crippen molar-refractivity contribution in [2.45, 2.75) is 13.0 Å². The van der Waals surface area contributed by atoms with E-state index in [-0.39, 0.29) is 22.7 Å².